The lowest BCUT2D eigenvalue weighted by Crippen LogP contribution is -2.27. The molecule has 0 atom stereocenters. The highest BCUT2D eigenvalue weighted by molar-refractivity contribution is 7.99. The summed E-state index contributed by atoms with van der Waals surface area (Å²) in [5, 5.41) is 8.60. The van der Waals surface area contributed by atoms with Gasteiger partial charge in [0.15, 0.2) is 0 Å². The van der Waals surface area contributed by atoms with E-state index in [2.05, 4.69) is 4.72 Å². The third-order valence-electron chi connectivity index (χ3n) is 2.60. The molecule has 0 radical (unpaired) electrons. The first-order valence-electron chi connectivity index (χ1n) is 6.12. The van der Waals surface area contributed by atoms with Crippen molar-refractivity contribution in [2.75, 3.05) is 30.4 Å². The summed E-state index contributed by atoms with van der Waals surface area (Å²) in [4.78, 5) is -0.430. The Morgan fingerprint density at radius 1 is 1.40 bits per heavy atom. The van der Waals surface area contributed by atoms with Crippen LogP contribution in [0.15, 0.2) is 17.0 Å². The van der Waals surface area contributed by atoms with E-state index in [9.17, 15) is 12.8 Å². The van der Waals surface area contributed by atoms with Gasteiger partial charge in [-0.15, -0.1) is 0 Å². The summed E-state index contributed by atoms with van der Waals surface area (Å²) in [6.45, 7) is 1.93. The Balaban J connectivity index is 2.63. The van der Waals surface area contributed by atoms with Crippen LogP contribution in [0.4, 0.5) is 10.1 Å². The summed E-state index contributed by atoms with van der Waals surface area (Å²) in [5.74, 6) is 0.504. The molecule has 5 nitrogen and oxygen atoms in total. The molecule has 0 spiro atoms. The zero-order valence-electron chi connectivity index (χ0n) is 11.2. The SMILES string of the molecule is Cc1cc(F)c(S(=O)(=O)NCCSCCCO)cc1N. The molecule has 1 aromatic carbocycles. The van der Waals surface area contributed by atoms with Crippen LogP contribution in [0.25, 0.3) is 0 Å². The quantitative estimate of drug-likeness (QED) is 0.492. The molecule has 0 aliphatic rings. The molecule has 0 unspecified atom stereocenters. The Hall–Kier alpha value is -0.830. The van der Waals surface area contributed by atoms with Crippen LogP contribution in [-0.2, 0) is 10.0 Å². The predicted octanol–water partition coefficient (Wildman–Crippen LogP) is 1.11. The number of aryl methyl sites for hydroxylation is 1. The minimum atomic E-state index is -3.89. The molecular formula is C12H19FN2O3S2. The maximum absolute atomic E-state index is 13.7. The minimum absolute atomic E-state index is 0.118. The monoisotopic (exact) mass is 322 g/mol. The van der Waals surface area contributed by atoms with Crippen molar-refractivity contribution >= 4 is 27.5 Å². The molecule has 0 heterocycles. The van der Waals surface area contributed by atoms with Crippen LogP contribution in [0, 0.1) is 12.7 Å². The molecule has 114 valence electrons. The van der Waals surface area contributed by atoms with Crippen LogP contribution in [0.2, 0.25) is 0 Å². The molecule has 4 N–H and O–H groups in total. The number of nitrogen functional groups attached to an aromatic ring is 1. The number of nitrogens with one attached hydrogen (secondary N) is 1. The average Bonchev–Trinajstić information content (AvgIpc) is 2.37. The van der Waals surface area contributed by atoms with Crippen molar-refractivity contribution in [3.05, 3.63) is 23.5 Å². The van der Waals surface area contributed by atoms with E-state index in [0.717, 1.165) is 17.9 Å². The van der Waals surface area contributed by atoms with Crippen LogP contribution >= 0.6 is 11.8 Å². The van der Waals surface area contributed by atoms with Crippen LogP contribution in [0.1, 0.15) is 12.0 Å². The van der Waals surface area contributed by atoms with Crippen molar-refractivity contribution < 1.29 is 17.9 Å². The average molecular weight is 322 g/mol. The molecule has 8 heteroatoms. The summed E-state index contributed by atoms with van der Waals surface area (Å²) in [6.07, 6.45) is 0.667. The van der Waals surface area contributed by atoms with E-state index in [0.29, 0.717) is 17.7 Å². The van der Waals surface area contributed by atoms with Crippen LogP contribution in [0.5, 0.6) is 0 Å². The van der Waals surface area contributed by atoms with Crippen LogP contribution in [0.3, 0.4) is 0 Å². The number of aliphatic hydroxyl groups excluding tert-OH is 1. The van der Waals surface area contributed by atoms with Crippen LogP contribution in [-0.4, -0.2) is 38.2 Å². The Labute approximate surface area is 122 Å². The third-order valence-corrected chi connectivity index (χ3v) is 5.14. The van der Waals surface area contributed by atoms with Crippen molar-refractivity contribution in [1.82, 2.24) is 4.72 Å². The fraction of sp³-hybridized carbons (Fsp3) is 0.500. The lowest BCUT2D eigenvalue weighted by molar-refractivity contribution is 0.296. The smallest absolute Gasteiger partial charge is 0.243 e. The van der Waals surface area contributed by atoms with Gasteiger partial charge >= 0.3 is 0 Å². The first-order chi connectivity index (χ1) is 9.38. The number of benzene rings is 1. The van der Waals surface area contributed by atoms with Gasteiger partial charge < -0.3 is 10.8 Å². The summed E-state index contributed by atoms with van der Waals surface area (Å²) in [7, 11) is -3.89. The Bertz CT molecular complexity index is 550. The second-order valence-corrected chi connectivity index (χ2v) is 7.19. The maximum Gasteiger partial charge on any atom is 0.243 e. The first-order valence-corrected chi connectivity index (χ1v) is 8.76. The number of halogens is 1. The van der Waals surface area contributed by atoms with Gasteiger partial charge in [0.2, 0.25) is 10.0 Å². The molecule has 0 aromatic heterocycles. The van der Waals surface area contributed by atoms with Gasteiger partial charge in [0.05, 0.1) is 0 Å². The highest BCUT2D eigenvalue weighted by atomic mass is 32.2. The predicted molar refractivity (Wildman–Crippen MR) is 79.8 cm³/mol. The van der Waals surface area contributed by atoms with Gasteiger partial charge in [-0.1, -0.05) is 0 Å². The Morgan fingerprint density at radius 3 is 2.75 bits per heavy atom. The zero-order chi connectivity index (χ0) is 15.2. The number of rotatable bonds is 8. The number of aliphatic hydroxyl groups is 1. The van der Waals surface area contributed by atoms with E-state index in [1.165, 1.54) is 11.8 Å². The number of nitrogens with two attached hydrogens (primary N) is 1. The standard InChI is InChI=1S/C12H19FN2O3S2/c1-9-7-10(13)12(8-11(9)14)20(17,18)15-3-6-19-5-2-4-16/h7-8,15-16H,2-6,14H2,1H3. The van der Waals surface area contributed by atoms with Crippen LogP contribution < -0.4 is 10.5 Å². The van der Waals surface area contributed by atoms with E-state index in [1.54, 1.807) is 6.92 Å². The van der Waals surface area contributed by atoms with Gasteiger partial charge in [-0.25, -0.2) is 17.5 Å². The summed E-state index contributed by atoms with van der Waals surface area (Å²) < 4.78 is 39.9. The third kappa shape index (κ3) is 4.93. The largest absolute Gasteiger partial charge is 0.398 e. The number of sulfonamides is 1. The van der Waals surface area contributed by atoms with Crippen molar-refractivity contribution in [3.8, 4) is 0 Å². The van der Waals surface area contributed by atoms with E-state index in [1.807, 2.05) is 0 Å². The maximum atomic E-state index is 13.7. The van der Waals surface area contributed by atoms with E-state index in [-0.39, 0.29) is 18.8 Å². The molecule has 0 amide bonds. The number of hydrogen-bond acceptors (Lipinski definition) is 5. The lowest BCUT2D eigenvalue weighted by atomic mass is 10.2. The second-order valence-electron chi connectivity index (χ2n) is 4.23. The molecule has 0 aliphatic carbocycles. The van der Waals surface area contributed by atoms with Gasteiger partial charge in [0.1, 0.15) is 10.7 Å². The molecule has 0 saturated carbocycles. The van der Waals surface area contributed by atoms with Gasteiger partial charge in [-0.3, -0.25) is 0 Å². The Kier molecular flexibility index (Phi) is 6.74. The molecular weight excluding hydrogens is 303 g/mol. The Morgan fingerprint density at radius 2 is 2.10 bits per heavy atom. The molecule has 0 saturated heterocycles. The first kappa shape index (κ1) is 17.2. The van der Waals surface area contributed by atoms with Gasteiger partial charge in [-0.05, 0) is 36.8 Å². The normalized spacial score (nSPS) is 11.8. The fourth-order valence-electron chi connectivity index (χ4n) is 1.47. The summed E-state index contributed by atoms with van der Waals surface area (Å²) >= 11 is 1.52. The highest BCUT2D eigenvalue weighted by Crippen LogP contribution is 2.21. The molecule has 0 aliphatic heterocycles. The summed E-state index contributed by atoms with van der Waals surface area (Å²) in [5.41, 5.74) is 6.35. The van der Waals surface area contributed by atoms with E-state index < -0.39 is 20.7 Å². The molecule has 0 bridgehead atoms. The molecule has 20 heavy (non-hydrogen) atoms. The van der Waals surface area contributed by atoms with Gasteiger partial charge in [0.25, 0.3) is 0 Å². The van der Waals surface area contributed by atoms with Crippen molar-refractivity contribution in [2.45, 2.75) is 18.2 Å². The van der Waals surface area contributed by atoms with E-state index >= 15 is 0 Å². The van der Waals surface area contributed by atoms with Gasteiger partial charge in [0, 0.05) is 24.6 Å². The van der Waals surface area contributed by atoms with E-state index in [4.69, 9.17) is 10.8 Å². The second kappa shape index (κ2) is 7.82. The lowest BCUT2D eigenvalue weighted by Gasteiger charge is -2.09. The fourth-order valence-corrected chi connectivity index (χ4v) is 3.51. The number of thioether (sulfide) groups is 1. The number of hydrogen-bond donors (Lipinski definition) is 3. The van der Waals surface area contributed by atoms with Crippen molar-refractivity contribution in [1.29, 1.82) is 0 Å². The number of anilines is 1. The minimum Gasteiger partial charge on any atom is -0.398 e. The highest BCUT2D eigenvalue weighted by Gasteiger charge is 2.19. The summed E-state index contributed by atoms with van der Waals surface area (Å²) in [6, 6.07) is 2.24. The van der Waals surface area contributed by atoms with Crippen molar-refractivity contribution in [2.24, 2.45) is 0 Å². The molecule has 0 fully saturated rings. The zero-order valence-corrected chi connectivity index (χ0v) is 12.9. The topological polar surface area (TPSA) is 92.4 Å². The molecule has 1 aromatic rings. The molecule has 1 rings (SSSR count). The van der Waals surface area contributed by atoms with Gasteiger partial charge in [-0.2, -0.15) is 11.8 Å². The van der Waals surface area contributed by atoms with Crippen molar-refractivity contribution in [3.63, 3.8) is 0 Å².